The lowest BCUT2D eigenvalue weighted by atomic mass is 10.1. The van der Waals surface area contributed by atoms with Crippen molar-refractivity contribution in [3.8, 4) is 5.75 Å². The summed E-state index contributed by atoms with van der Waals surface area (Å²) in [6, 6.07) is 20.5. The normalized spacial score (nSPS) is 10.5. The van der Waals surface area contributed by atoms with Crippen LogP contribution in [0.4, 0.5) is 10.1 Å². The predicted molar refractivity (Wildman–Crippen MR) is 146 cm³/mol. The first-order valence-electron chi connectivity index (χ1n) is 12.9. The molecule has 3 N–H and O–H groups in total. The Morgan fingerprint density at radius 1 is 0.897 bits per heavy atom. The number of rotatable bonds is 14. The number of ether oxygens (including phenoxy) is 1. The molecule has 9 heteroatoms. The molecule has 0 unspecified atom stereocenters. The van der Waals surface area contributed by atoms with Crippen molar-refractivity contribution in [2.45, 2.75) is 45.1 Å². The highest BCUT2D eigenvalue weighted by molar-refractivity contribution is 5.96. The topological polar surface area (TPSA) is 108 Å². The second-order valence-corrected chi connectivity index (χ2v) is 9.08. The Balaban J connectivity index is 1.66. The summed E-state index contributed by atoms with van der Waals surface area (Å²) in [5.41, 5.74) is 4.41. The number of unbranched alkanes of at least 4 members (excludes halogenated alkanes) is 2. The van der Waals surface area contributed by atoms with Crippen molar-refractivity contribution >= 4 is 23.4 Å². The van der Waals surface area contributed by atoms with E-state index < -0.39 is 5.91 Å². The molecule has 3 amide bonds. The molecule has 0 saturated heterocycles. The average molecular weight is 536 g/mol. The van der Waals surface area contributed by atoms with E-state index in [0.717, 1.165) is 11.1 Å². The maximum absolute atomic E-state index is 13.3. The van der Waals surface area contributed by atoms with E-state index in [-0.39, 0.29) is 37.0 Å². The van der Waals surface area contributed by atoms with Crippen LogP contribution in [0.25, 0.3) is 0 Å². The lowest BCUT2D eigenvalue weighted by molar-refractivity contribution is -0.129. The van der Waals surface area contributed by atoms with E-state index in [2.05, 4.69) is 5.32 Å². The molecular formula is C30H34FN3O5. The summed E-state index contributed by atoms with van der Waals surface area (Å²) in [6.07, 6.45) is 2.84. The highest BCUT2D eigenvalue weighted by Crippen LogP contribution is 2.30. The molecule has 3 aromatic carbocycles. The summed E-state index contributed by atoms with van der Waals surface area (Å²) in [6.45, 7) is 0.642. The van der Waals surface area contributed by atoms with Crippen molar-refractivity contribution < 1.29 is 28.7 Å². The number of halogens is 1. The second kappa shape index (κ2) is 15.2. The minimum atomic E-state index is -0.448. The Morgan fingerprint density at radius 3 is 2.38 bits per heavy atom. The van der Waals surface area contributed by atoms with Crippen molar-refractivity contribution in [1.29, 1.82) is 0 Å². The quantitative estimate of drug-likeness (QED) is 0.156. The van der Waals surface area contributed by atoms with Gasteiger partial charge in [0.25, 0.3) is 5.91 Å². The molecule has 0 radical (unpaired) electrons. The van der Waals surface area contributed by atoms with Gasteiger partial charge in [0.05, 0.1) is 19.3 Å². The lowest BCUT2D eigenvalue weighted by Crippen LogP contribution is -2.31. The number of para-hydroxylation sites is 2. The maximum atomic E-state index is 13.3. The summed E-state index contributed by atoms with van der Waals surface area (Å²) in [4.78, 5) is 39.0. The van der Waals surface area contributed by atoms with Crippen molar-refractivity contribution in [1.82, 2.24) is 10.8 Å². The first-order chi connectivity index (χ1) is 18.9. The zero-order valence-electron chi connectivity index (χ0n) is 22.0. The van der Waals surface area contributed by atoms with Crippen LogP contribution in [0.2, 0.25) is 0 Å². The minimum absolute atomic E-state index is 0.111. The number of amides is 3. The molecule has 0 aromatic heterocycles. The Labute approximate surface area is 227 Å². The van der Waals surface area contributed by atoms with Crippen molar-refractivity contribution in [3.63, 3.8) is 0 Å². The van der Waals surface area contributed by atoms with Crippen LogP contribution in [-0.2, 0) is 22.6 Å². The number of nitrogens with one attached hydrogen (secondary N) is 2. The third-order valence-electron chi connectivity index (χ3n) is 6.24. The van der Waals surface area contributed by atoms with Crippen LogP contribution in [0, 0.1) is 5.82 Å². The molecule has 0 heterocycles. The summed E-state index contributed by atoms with van der Waals surface area (Å²) < 4.78 is 18.6. The fourth-order valence-electron chi connectivity index (χ4n) is 4.16. The number of methoxy groups -OCH3 is 1. The van der Waals surface area contributed by atoms with Crippen molar-refractivity contribution in [2.75, 3.05) is 18.6 Å². The summed E-state index contributed by atoms with van der Waals surface area (Å²) in [7, 11) is 1.55. The monoisotopic (exact) mass is 535 g/mol. The van der Waals surface area contributed by atoms with Gasteiger partial charge in [-0.3, -0.25) is 19.6 Å². The minimum Gasteiger partial charge on any atom is -0.495 e. The fourth-order valence-corrected chi connectivity index (χ4v) is 4.16. The predicted octanol–water partition coefficient (Wildman–Crippen LogP) is 4.80. The molecular weight excluding hydrogens is 501 g/mol. The van der Waals surface area contributed by atoms with Gasteiger partial charge in [0.15, 0.2) is 0 Å². The molecule has 0 atom stereocenters. The number of hydrogen-bond donors (Lipinski definition) is 3. The largest absolute Gasteiger partial charge is 0.495 e. The number of benzene rings is 3. The highest BCUT2D eigenvalue weighted by Gasteiger charge is 2.20. The van der Waals surface area contributed by atoms with E-state index >= 15 is 0 Å². The molecule has 0 spiro atoms. The Kier molecular flexibility index (Phi) is 11.5. The van der Waals surface area contributed by atoms with Crippen LogP contribution >= 0.6 is 0 Å². The number of anilines is 1. The third kappa shape index (κ3) is 9.22. The van der Waals surface area contributed by atoms with Gasteiger partial charge in [0, 0.05) is 24.9 Å². The van der Waals surface area contributed by atoms with E-state index in [9.17, 15) is 18.8 Å². The maximum Gasteiger partial charge on any atom is 0.251 e. The summed E-state index contributed by atoms with van der Waals surface area (Å²) in [5.74, 6) is -0.537. The SMILES string of the molecule is COc1ccccc1N(Cc1cccc(C(=O)NCCc2ccc(F)cc2)c1)C(=O)CCCCCC(=O)NO. The summed E-state index contributed by atoms with van der Waals surface area (Å²) in [5, 5.41) is 11.5. The standard InChI is InChI=1S/C30H34FN3O5/c1-39-27-11-6-5-10-26(27)34(29(36)13-4-2-3-12-28(35)33-38)21-23-8-7-9-24(20-23)30(37)32-19-18-22-14-16-25(31)17-15-22/h5-11,14-17,20,38H,2-4,12-13,18-19,21H2,1H3,(H,32,37)(H,33,35). The van der Waals surface area contributed by atoms with Gasteiger partial charge in [-0.25, -0.2) is 9.87 Å². The zero-order chi connectivity index (χ0) is 28.0. The molecule has 3 rings (SSSR count). The van der Waals surface area contributed by atoms with Crippen LogP contribution in [0.1, 0.15) is 53.6 Å². The number of carbonyl (C=O) groups is 3. The van der Waals surface area contributed by atoms with Gasteiger partial charge in [-0.1, -0.05) is 42.8 Å². The number of nitrogens with zero attached hydrogens (tertiary/aromatic N) is 1. The number of hydroxylamine groups is 1. The smallest absolute Gasteiger partial charge is 0.251 e. The van der Waals surface area contributed by atoms with Crippen LogP contribution in [0.3, 0.4) is 0 Å². The molecule has 0 bridgehead atoms. The molecule has 0 aliphatic heterocycles. The first-order valence-corrected chi connectivity index (χ1v) is 12.9. The molecule has 3 aromatic rings. The van der Waals surface area contributed by atoms with Gasteiger partial charge in [-0.2, -0.15) is 0 Å². The second-order valence-electron chi connectivity index (χ2n) is 9.08. The van der Waals surface area contributed by atoms with Crippen molar-refractivity contribution in [2.24, 2.45) is 0 Å². The average Bonchev–Trinajstić information content (AvgIpc) is 2.96. The Morgan fingerprint density at radius 2 is 1.64 bits per heavy atom. The Bertz CT molecular complexity index is 1250. The van der Waals surface area contributed by atoms with Crippen molar-refractivity contribution in [3.05, 3.63) is 95.3 Å². The van der Waals surface area contributed by atoms with Gasteiger partial charge in [0.1, 0.15) is 11.6 Å². The molecule has 0 aliphatic carbocycles. The van der Waals surface area contributed by atoms with Gasteiger partial charge in [-0.15, -0.1) is 0 Å². The van der Waals surface area contributed by atoms with Crippen LogP contribution < -0.4 is 20.4 Å². The van der Waals surface area contributed by atoms with Gasteiger partial charge in [-0.05, 0) is 66.8 Å². The first kappa shape index (κ1) is 29.3. The van der Waals surface area contributed by atoms with E-state index in [1.165, 1.54) is 12.1 Å². The highest BCUT2D eigenvalue weighted by atomic mass is 19.1. The van der Waals surface area contributed by atoms with E-state index in [1.54, 1.807) is 53.9 Å². The van der Waals surface area contributed by atoms with Gasteiger partial charge in [0.2, 0.25) is 11.8 Å². The molecule has 206 valence electrons. The molecule has 0 fully saturated rings. The summed E-state index contributed by atoms with van der Waals surface area (Å²) >= 11 is 0. The van der Waals surface area contributed by atoms with Crippen LogP contribution in [-0.4, -0.2) is 36.6 Å². The molecule has 39 heavy (non-hydrogen) atoms. The molecule has 0 aliphatic rings. The van der Waals surface area contributed by atoms with Crippen LogP contribution in [0.5, 0.6) is 5.75 Å². The van der Waals surface area contributed by atoms with E-state index in [0.29, 0.717) is 49.2 Å². The Hall–Kier alpha value is -4.24. The third-order valence-corrected chi connectivity index (χ3v) is 6.24. The van der Waals surface area contributed by atoms with E-state index in [1.807, 2.05) is 24.3 Å². The van der Waals surface area contributed by atoms with Gasteiger partial charge >= 0.3 is 0 Å². The molecule has 8 nitrogen and oxygen atoms in total. The number of carbonyl (C=O) groups excluding carboxylic acids is 3. The fraction of sp³-hybridized carbons (Fsp3) is 0.300. The number of hydrogen-bond acceptors (Lipinski definition) is 5. The lowest BCUT2D eigenvalue weighted by Gasteiger charge is -2.25. The molecule has 0 saturated carbocycles. The zero-order valence-corrected chi connectivity index (χ0v) is 22.0. The van der Waals surface area contributed by atoms with Gasteiger partial charge < -0.3 is 15.0 Å². The van der Waals surface area contributed by atoms with Crippen LogP contribution in [0.15, 0.2) is 72.8 Å². The van der Waals surface area contributed by atoms with E-state index in [4.69, 9.17) is 9.94 Å².